The number of rotatable bonds is 3. The quantitative estimate of drug-likeness (QED) is 0.862. The van der Waals surface area contributed by atoms with E-state index in [2.05, 4.69) is 23.1 Å². The number of methoxy groups -OCH3 is 1. The molecule has 0 aliphatic carbocycles. The Bertz CT molecular complexity index is 792. The van der Waals surface area contributed by atoms with Gasteiger partial charge in [-0.3, -0.25) is 9.69 Å². The maximum atomic E-state index is 11.8. The summed E-state index contributed by atoms with van der Waals surface area (Å²) in [6, 6.07) is 10.7. The molecule has 0 spiro atoms. The highest BCUT2D eigenvalue weighted by atomic mass is 16.5. The molecular weight excluding hydrogens is 314 g/mol. The van der Waals surface area contributed by atoms with Crippen LogP contribution in [-0.4, -0.2) is 53.5 Å². The van der Waals surface area contributed by atoms with E-state index in [1.165, 1.54) is 12.8 Å². The predicted molar refractivity (Wildman–Crippen MR) is 97.5 cm³/mol. The summed E-state index contributed by atoms with van der Waals surface area (Å²) in [5, 5.41) is 1.10. The molecule has 3 saturated heterocycles. The van der Waals surface area contributed by atoms with Gasteiger partial charge in [0.1, 0.15) is 11.3 Å². The molecule has 5 nitrogen and oxygen atoms in total. The van der Waals surface area contributed by atoms with Crippen LogP contribution in [-0.2, 0) is 11.3 Å². The molecule has 5 heteroatoms. The number of ether oxygens (including phenoxy) is 1. The lowest BCUT2D eigenvalue weighted by molar-refractivity contribution is -0.129. The Morgan fingerprint density at radius 2 is 2.08 bits per heavy atom. The van der Waals surface area contributed by atoms with E-state index in [1.54, 1.807) is 14.0 Å². The zero-order valence-electron chi connectivity index (χ0n) is 14.9. The van der Waals surface area contributed by atoms with Crippen molar-refractivity contribution < 1.29 is 9.53 Å². The lowest BCUT2D eigenvalue weighted by Crippen LogP contribution is -2.43. The average Bonchev–Trinajstić information content (AvgIpc) is 2.93. The first-order valence-electron chi connectivity index (χ1n) is 9.06. The van der Waals surface area contributed by atoms with Gasteiger partial charge in [-0.2, -0.15) is 0 Å². The number of amides is 1. The van der Waals surface area contributed by atoms with Crippen molar-refractivity contribution in [1.29, 1.82) is 0 Å². The molecule has 2 aromatic rings. The molecule has 2 atom stereocenters. The maximum absolute atomic E-state index is 11.8. The van der Waals surface area contributed by atoms with Crippen LogP contribution >= 0.6 is 0 Å². The van der Waals surface area contributed by atoms with Crippen molar-refractivity contribution in [1.82, 2.24) is 14.8 Å². The van der Waals surface area contributed by atoms with Gasteiger partial charge >= 0.3 is 0 Å². The maximum Gasteiger partial charge on any atom is 0.219 e. The minimum Gasteiger partial charge on any atom is -0.494 e. The highest BCUT2D eigenvalue weighted by Gasteiger charge is 2.35. The van der Waals surface area contributed by atoms with Gasteiger partial charge in [-0.25, -0.2) is 4.98 Å². The second-order valence-electron chi connectivity index (χ2n) is 7.29. The number of aromatic nitrogens is 1. The Labute approximate surface area is 148 Å². The molecule has 0 radical (unpaired) electrons. The monoisotopic (exact) mass is 339 g/mol. The van der Waals surface area contributed by atoms with E-state index in [0.29, 0.717) is 12.0 Å². The molecule has 3 aliphatic rings. The molecule has 4 heterocycles. The molecule has 3 fully saturated rings. The van der Waals surface area contributed by atoms with Crippen LogP contribution in [0.5, 0.6) is 5.75 Å². The summed E-state index contributed by atoms with van der Waals surface area (Å²) in [4.78, 5) is 21.2. The predicted octanol–water partition coefficient (Wildman–Crippen LogP) is 2.69. The van der Waals surface area contributed by atoms with Gasteiger partial charge in [0.2, 0.25) is 5.91 Å². The molecule has 0 unspecified atom stereocenters. The first kappa shape index (κ1) is 16.3. The highest BCUT2D eigenvalue weighted by Crippen LogP contribution is 2.30. The van der Waals surface area contributed by atoms with Crippen molar-refractivity contribution in [2.24, 2.45) is 5.92 Å². The molecule has 1 amide bonds. The van der Waals surface area contributed by atoms with Gasteiger partial charge in [0.25, 0.3) is 0 Å². The van der Waals surface area contributed by atoms with E-state index in [4.69, 9.17) is 9.72 Å². The number of hydrogen-bond donors (Lipinski definition) is 0. The van der Waals surface area contributed by atoms with Crippen molar-refractivity contribution in [3.63, 3.8) is 0 Å². The zero-order chi connectivity index (χ0) is 17.4. The summed E-state index contributed by atoms with van der Waals surface area (Å²) in [5.74, 6) is 1.60. The SMILES string of the molecule is COc1cccc2ccc(CN3C[C@H]4CC[C@@H]3CN(C(C)=O)C4)nc12. The summed E-state index contributed by atoms with van der Waals surface area (Å²) < 4.78 is 5.46. The Hall–Kier alpha value is -2.14. The van der Waals surface area contributed by atoms with Gasteiger partial charge < -0.3 is 9.64 Å². The second-order valence-corrected chi connectivity index (χ2v) is 7.29. The van der Waals surface area contributed by atoms with Crippen molar-refractivity contribution in [2.45, 2.75) is 32.4 Å². The summed E-state index contributed by atoms with van der Waals surface area (Å²) in [7, 11) is 1.69. The Kier molecular flexibility index (Phi) is 4.34. The van der Waals surface area contributed by atoms with Gasteiger partial charge in [0.05, 0.1) is 12.8 Å². The van der Waals surface area contributed by atoms with Gasteiger partial charge in [-0.05, 0) is 30.9 Å². The van der Waals surface area contributed by atoms with Crippen molar-refractivity contribution in [2.75, 3.05) is 26.7 Å². The molecule has 0 saturated carbocycles. The number of piperidine rings is 1. The molecular formula is C20H25N3O2. The van der Waals surface area contributed by atoms with Gasteiger partial charge in [-0.1, -0.05) is 18.2 Å². The minimum atomic E-state index is 0.201. The van der Waals surface area contributed by atoms with Crippen LogP contribution in [0.2, 0.25) is 0 Å². The standard InChI is InChI=1S/C20H25N3O2/c1-14(24)22-10-15-6-9-18(13-22)23(11-15)12-17-8-7-16-4-3-5-19(25-2)20(16)21-17/h3-5,7-8,15,18H,6,9-13H2,1-2H3/t15-,18+/m0/s1. The van der Waals surface area contributed by atoms with Crippen LogP contribution in [0.4, 0.5) is 0 Å². The van der Waals surface area contributed by atoms with E-state index < -0.39 is 0 Å². The molecule has 1 aromatic carbocycles. The van der Waals surface area contributed by atoms with E-state index in [0.717, 1.165) is 48.5 Å². The third-order valence-corrected chi connectivity index (χ3v) is 5.60. The molecule has 0 N–H and O–H groups in total. The number of pyridine rings is 1. The zero-order valence-corrected chi connectivity index (χ0v) is 14.9. The molecule has 1 aromatic heterocycles. The molecule has 2 bridgehead atoms. The Balaban J connectivity index is 1.58. The smallest absolute Gasteiger partial charge is 0.219 e. The number of hydrogen-bond acceptors (Lipinski definition) is 4. The Morgan fingerprint density at radius 1 is 1.20 bits per heavy atom. The fraction of sp³-hybridized carbons (Fsp3) is 0.500. The van der Waals surface area contributed by atoms with E-state index in [9.17, 15) is 4.79 Å². The number of fused-ring (bicyclic) bond motifs is 5. The summed E-state index contributed by atoms with van der Waals surface area (Å²) in [6.07, 6.45) is 2.40. The van der Waals surface area contributed by atoms with Crippen LogP contribution in [0.3, 0.4) is 0 Å². The van der Waals surface area contributed by atoms with E-state index in [-0.39, 0.29) is 5.91 Å². The van der Waals surface area contributed by atoms with Crippen LogP contribution in [0.25, 0.3) is 10.9 Å². The molecule has 132 valence electrons. The first-order chi connectivity index (χ1) is 12.1. The van der Waals surface area contributed by atoms with Crippen molar-refractivity contribution in [3.8, 4) is 5.75 Å². The number of para-hydroxylation sites is 1. The minimum absolute atomic E-state index is 0.201. The number of nitrogens with zero attached hydrogens (tertiary/aromatic N) is 3. The highest BCUT2D eigenvalue weighted by molar-refractivity contribution is 5.84. The molecule has 25 heavy (non-hydrogen) atoms. The third kappa shape index (κ3) is 3.21. The topological polar surface area (TPSA) is 45.7 Å². The summed E-state index contributed by atoms with van der Waals surface area (Å²) in [5.41, 5.74) is 1.99. The van der Waals surface area contributed by atoms with Gasteiger partial charge in [-0.15, -0.1) is 0 Å². The first-order valence-corrected chi connectivity index (χ1v) is 9.06. The van der Waals surface area contributed by atoms with Crippen molar-refractivity contribution in [3.05, 3.63) is 36.0 Å². The number of carbonyl (C=O) groups excluding carboxylic acids is 1. The third-order valence-electron chi connectivity index (χ3n) is 5.60. The normalized spacial score (nSPS) is 23.7. The number of benzene rings is 1. The van der Waals surface area contributed by atoms with Gasteiger partial charge in [0, 0.05) is 44.5 Å². The van der Waals surface area contributed by atoms with Gasteiger partial charge in [0.15, 0.2) is 0 Å². The largest absolute Gasteiger partial charge is 0.494 e. The fourth-order valence-corrected chi connectivity index (χ4v) is 4.25. The van der Waals surface area contributed by atoms with Crippen LogP contribution < -0.4 is 4.74 Å². The lowest BCUT2D eigenvalue weighted by atomic mass is 9.95. The summed E-state index contributed by atoms with van der Waals surface area (Å²) in [6.45, 7) is 5.33. The molecule has 3 aliphatic heterocycles. The number of carbonyl (C=O) groups is 1. The van der Waals surface area contributed by atoms with Crippen LogP contribution in [0.1, 0.15) is 25.5 Å². The van der Waals surface area contributed by atoms with Crippen LogP contribution in [0.15, 0.2) is 30.3 Å². The Morgan fingerprint density at radius 3 is 2.88 bits per heavy atom. The van der Waals surface area contributed by atoms with Crippen LogP contribution in [0, 0.1) is 5.92 Å². The van der Waals surface area contributed by atoms with Crippen molar-refractivity contribution >= 4 is 16.8 Å². The summed E-state index contributed by atoms with van der Waals surface area (Å²) >= 11 is 0. The fourth-order valence-electron chi connectivity index (χ4n) is 4.25. The van der Waals surface area contributed by atoms with E-state index in [1.807, 2.05) is 17.0 Å². The molecule has 5 rings (SSSR count). The van der Waals surface area contributed by atoms with E-state index >= 15 is 0 Å². The lowest BCUT2D eigenvalue weighted by Gasteiger charge is -2.35. The second kappa shape index (κ2) is 6.64. The average molecular weight is 339 g/mol.